The van der Waals surface area contributed by atoms with Gasteiger partial charge in [0.05, 0.1) is 17.6 Å². The van der Waals surface area contributed by atoms with Gasteiger partial charge in [-0.15, -0.1) is 13.2 Å². The third kappa shape index (κ3) is 6.38. The summed E-state index contributed by atoms with van der Waals surface area (Å²) in [7, 11) is 0. The summed E-state index contributed by atoms with van der Waals surface area (Å²) >= 11 is 0. The number of rotatable bonds is 4. The van der Waals surface area contributed by atoms with Crippen LogP contribution in [0.25, 0.3) is 0 Å². The smallest absolute Gasteiger partial charge is 0.405 e. The van der Waals surface area contributed by atoms with Gasteiger partial charge in [-0.3, -0.25) is 9.59 Å². The number of amides is 2. The number of nitrogens with zero attached hydrogens (tertiary/aromatic N) is 2. The topological polar surface area (TPSA) is 82.4 Å². The lowest BCUT2D eigenvalue weighted by Gasteiger charge is -2.35. The molecule has 1 atom stereocenters. The predicted molar refractivity (Wildman–Crippen MR) is 98.4 cm³/mol. The van der Waals surface area contributed by atoms with Gasteiger partial charge in [0, 0.05) is 30.6 Å². The number of carbonyl (C=O) groups is 2. The van der Waals surface area contributed by atoms with Crippen LogP contribution < -0.4 is 10.1 Å². The first-order chi connectivity index (χ1) is 13.4. The van der Waals surface area contributed by atoms with Crippen LogP contribution in [-0.4, -0.2) is 36.2 Å². The van der Waals surface area contributed by atoms with Crippen molar-refractivity contribution in [3.63, 3.8) is 0 Å². The van der Waals surface area contributed by atoms with Gasteiger partial charge < -0.3 is 15.0 Å². The molecular formula is C20H24F3N3O3. The van der Waals surface area contributed by atoms with E-state index in [9.17, 15) is 22.8 Å². The van der Waals surface area contributed by atoms with Crippen molar-refractivity contribution < 1.29 is 27.5 Å². The van der Waals surface area contributed by atoms with E-state index >= 15 is 0 Å². The molecule has 1 aliphatic heterocycles. The van der Waals surface area contributed by atoms with Crippen molar-refractivity contribution in [2.75, 3.05) is 13.1 Å². The molecule has 6 nitrogen and oxygen atoms in total. The minimum Gasteiger partial charge on any atom is -0.405 e. The van der Waals surface area contributed by atoms with Crippen LogP contribution in [0.3, 0.4) is 0 Å². The Labute approximate surface area is 167 Å². The Morgan fingerprint density at radius 3 is 2.59 bits per heavy atom. The number of halogens is 3. The Morgan fingerprint density at radius 2 is 2.00 bits per heavy atom. The molecule has 1 aromatic carbocycles. The Balaban J connectivity index is 2.05. The van der Waals surface area contributed by atoms with Crippen LogP contribution in [0.1, 0.15) is 44.7 Å². The third-order valence-corrected chi connectivity index (χ3v) is 4.60. The SMILES string of the molecule is CC(C)(C)C(=O)N1CCC[C@@H](C(=O)NCc2ccc(C#N)cc2OC(F)(F)F)C1. The highest BCUT2D eigenvalue weighted by Gasteiger charge is 2.34. The number of hydrogen-bond donors (Lipinski definition) is 1. The zero-order valence-corrected chi connectivity index (χ0v) is 16.6. The molecular weight excluding hydrogens is 387 g/mol. The maximum Gasteiger partial charge on any atom is 0.573 e. The molecule has 1 aliphatic rings. The number of ether oxygens (including phenoxy) is 1. The van der Waals surface area contributed by atoms with Crippen LogP contribution in [-0.2, 0) is 16.1 Å². The van der Waals surface area contributed by atoms with E-state index in [-0.39, 0.29) is 36.0 Å². The van der Waals surface area contributed by atoms with E-state index in [1.807, 2.05) is 20.8 Å². The van der Waals surface area contributed by atoms with Gasteiger partial charge in [0.25, 0.3) is 0 Å². The lowest BCUT2D eigenvalue weighted by molar-refractivity contribution is -0.274. The second kappa shape index (κ2) is 8.72. The van der Waals surface area contributed by atoms with Crippen molar-refractivity contribution in [3.8, 4) is 11.8 Å². The summed E-state index contributed by atoms with van der Waals surface area (Å²) in [5.41, 5.74) is -0.430. The zero-order chi connectivity index (χ0) is 21.8. The second-order valence-electron chi connectivity index (χ2n) is 8.04. The van der Waals surface area contributed by atoms with Crippen molar-refractivity contribution in [1.82, 2.24) is 10.2 Å². The highest BCUT2D eigenvalue weighted by Crippen LogP contribution is 2.28. The van der Waals surface area contributed by atoms with Gasteiger partial charge in [0.15, 0.2) is 0 Å². The first-order valence-electron chi connectivity index (χ1n) is 9.26. The standard InChI is InChI=1S/C20H24F3N3O3/c1-19(2,3)18(28)26-8-4-5-15(12-26)17(27)25-11-14-7-6-13(10-24)9-16(14)29-20(21,22)23/h6-7,9,15H,4-5,8,11-12H2,1-3H3,(H,25,27)/t15-/m1/s1. The molecule has 9 heteroatoms. The number of alkyl halides is 3. The third-order valence-electron chi connectivity index (χ3n) is 4.60. The minimum absolute atomic E-state index is 0.0166. The first-order valence-corrected chi connectivity index (χ1v) is 9.26. The summed E-state index contributed by atoms with van der Waals surface area (Å²) in [5, 5.41) is 11.5. The van der Waals surface area contributed by atoms with Gasteiger partial charge in [-0.25, -0.2) is 0 Å². The van der Waals surface area contributed by atoms with Crippen LogP contribution in [0.15, 0.2) is 18.2 Å². The summed E-state index contributed by atoms with van der Waals surface area (Å²) in [4.78, 5) is 26.7. The molecule has 0 unspecified atom stereocenters. The van der Waals surface area contributed by atoms with E-state index < -0.39 is 23.4 Å². The largest absolute Gasteiger partial charge is 0.573 e. The van der Waals surface area contributed by atoms with E-state index in [2.05, 4.69) is 10.1 Å². The predicted octanol–water partition coefficient (Wildman–Crippen LogP) is 3.36. The van der Waals surface area contributed by atoms with Crippen molar-refractivity contribution in [3.05, 3.63) is 29.3 Å². The Morgan fingerprint density at radius 1 is 1.31 bits per heavy atom. The van der Waals surface area contributed by atoms with Gasteiger partial charge in [-0.2, -0.15) is 5.26 Å². The molecule has 0 spiro atoms. The molecule has 0 aromatic heterocycles. The summed E-state index contributed by atoms with van der Waals surface area (Å²) < 4.78 is 41.9. The average molecular weight is 411 g/mol. The quantitative estimate of drug-likeness (QED) is 0.824. The molecule has 29 heavy (non-hydrogen) atoms. The van der Waals surface area contributed by atoms with Crippen LogP contribution in [0.4, 0.5) is 13.2 Å². The molecule has 0 aliphatic carbocycles. The average Bonchev–Trinajstić information content (AvgIpc) is 2.64. The molecule has 1 N–H and O–H groups in total. The molecule has 0 bridgehead atoms. The molecule has 158 valence electrons. The fourth-order valence-electron chi connectivity index (χ4n) is 3.17. The van der Waals surface area contributed by atoms with Crippen molar-refractivity contribution >= 4 is 11.8 Å². The Kier molecular flexibility index (Phi) is 6.77. The van der Waals surface area contributed by atoms with E-state index in [0.29, 0.717) is 19.4 Å². The van der Waals surface area contributed by atoms with Crippen molar-refractivity contribution in [1.29, 1.82) is 5.26 Å². The van der Waals surface area contributed by atoms with E-state index in [4.69, 9.17) is 5.26 Å². The minimum atomic E-state index is -4.91. The normalized spacial score (nSPS) is 17.4. The Bertz CT molecular complexity index is 810. The lowest BCUT2D eigenvalue weighted by atomic mass is 9.91. The summed E-state index contributed by atoms with van der Waals surface area (Å²) in [6, 6.07) is 5.41. The van der Waals surface area contributed by atoms with E-state index in [1.165, 1.54) is 12.1 Å². The van der Waals surface area contributed by atoms with Crippen LogP contribution in [0, 0.1) is 22.7 Å². The molecule has 2 rings (SSSR count). The van der Waals surface area contributed by atoms with Crippen LogP contribution in [0.5, 0.6) is 5.75 Å². The number of likely N-dealkylation sites (tertiary alicyclic amines) is 1. The van der Waals surface area contributed by atoms with Crippen LogP contribution >= 0.6 is 0 Å². The van der Waals surface area contributed by atoms with Crippen LogP contribution in [0.2, 0.25) is 0 Å². The zero-order valence-electron chi connectivity index (χ0n) is 16.6. The number of benzene rings is 1. The number of nitriles is 1. The number of hydrogen-bond acceptors (Lipinski definition) is 4. The van der Waals surface area contributed by atoms with Crippen molar-refractivity contribution in [2.45, 2.75) is 46.5 Å². The molecule has 0 radical (unpaired) electrons. The molecule has 2 amide bonds. The van der Waals surface area contributed by atoms with E-state index in [1.54, 1.807) is 11.0 Å². The van der Waals surface area contributed by atoms with Gasteiger partial charge >= 0.3 is 6.36 Å². The summed E-state index contributed by atoms with van der Waals surface area (Å²) in [5.74, 6) is -1.33. The highest BCUT2D eigenvalue weighted by atomic mass is 19.4. The van der Waals surface area contributed by atoms with E-state index in [0.717, 1.165) is 6.07 Å². The number of piperidine rings is 1. The monoisotopic (exact) mass is 411 g/mol. The number of nitrogens with one attached hydrogen (secondary N) is 1. The van der Waals surface area contributed by atoms with Gasteiger partial charge in [0.2, 0.25) is 11.8 Å². The molecule has 1 fully saturated rings. The van der Waals surface area contributed by atoms with Crippen molar-refractivity contribution in [2.24, 2.45) is 11.3 Å². The number of carbonyl (C=O) groups excluding carboxylic acids is 2. The lowest BCUT2D eigenvalue weighted by Crippen LogP contribution is -2.48. The molecule has 0 saturated carbocycles. The highest BCUT2D eigenvalue weighted by molar-refractivity contribution is 5.84. The van der Waals surface area contributed by atoms with Gasteiger partial charge in [-0.1, -0.05) is 26.8 Å². The Hall–Kier alpha value is -2.76. The molecule has 1 aromatic rings. The molecule has 1 heterocycles. The molecule has 1 saturated heterocycles. The fourth-order valence-corrected chi connectivity index (χ4v) is 3.17. The summed E-state index contributed by atoms with van der Waals surface area (Å²) in [6.45, 7) is 6.12. The fraction of sp³-hybridized carbons (Fsp3) is 0.550. The maximum atomic E-state index is 12.6. The summed E-state index contributed by atoms with van der Waals surface area (Å²) in [6.07, 6.45) is -3.64. The second-order valence-corrected chi connectivity index (χ2v) is 8.04. The first kappa shape index (κ1) is 22.5. The maximum absolute atomic E-state index is 12.6. The van der Waals surface area contributed by atoms with Gasteiger partial charge in [-0.05, 0) is 25.0 Å². The van der Waals surface area contributed by atoms with Gasteiger partial charge in [0.1, 0.15) is 5.75 Å².